The molecule has 2 rings (SSSR count). The number of hydrogen-bond donors (Lipinski definition) is 1. The summed E-state index contributed by atoms with van der Waals surface area (Å²) >= 11 is 0. The second kappa shape index (κ2) is 5.86. The van der Waals surface area contributed by atoms with Crippen LogP contribution in [0, 0.1) is 18.8 Å². The number of ether oxygens (including phenoxy) is 1. The summed E-state index contributed by atoms with van der Waals surface area (Å²) in [6, 6.07) is 8.08. The maximum Gasteiger partial charge on any atom is 0.331 e. The van der Waals surface area contributed by atoms with Gasteiger partial charge in [0.15, 0.2) is 0 Å². The van der Waals surface area contributed by atoms with Gasteiger partial charge in [0.25, 0.3) is 0 Å². The monoisotopic (exact) mass is 275 g/mol. The number of carbonyl (C=O) groups excluding carboxylic acids is 1. The molecule has 0 unspecified atom stereocenters. The molecule has 20 heavy (non-hydrogen) atoms. The highest BCUT2D eigenvalue weighted by Crippen LogP contribution is 2.45. The second-order valence-electron chi connectivity index (χ2n) is 6.15. The van der Waals surface area contributed by atoms with E-state index in [1.165, 1.54) is 0 Å². The van der Waals surface area contributed by atoms with E-state index in [2.05, 4.69) is 32.2 Å². The highest BCUT2D eigenvalue weighted by Gasteiger charge is 2.52. The SMILES string of the molecule is CCOC(=O)C1(Nc2ccccc2C)CC(C(C)C)C1. The van der Waals surface area contributed by atoms with Gasteiger partial charge >= 0.3 is 5.97 Å². The molecule has 110 valence electrons. The molecule has 3 nitrogen and oxygen atoms in total. The number of para-hydroxylation sites is 1. The summed E-state index contributed by atoms with van der Waals surface area (Å²) in [5.74, 6) is 1.09. The number of nitrogens with one attached hydrogen (secondary N) is 1. The summed E-state index contributed by atoms with van der Waals surface area (Å²) in [6.07, 6.45) is 1.72. The van der Waals surface area contributed by atoms with Crippen molar-refractivity contribution in [3.05, 3.63) is 29.8 Å². The van der Waals surface area contributed by atoms with Gasteiger partial charge in [0, 0.05) is 5.69 Å². The van der Waals surface area contributed by atoms with E-state index in [1.54, 1.807) is 0 Å². The third-order valence-corrected chi connectivity index (χ3v) is 4.35. The van der Waals surface area contributed by atoms with Crippen molar-refractivity contribution in [2.45, 2.75) is 46.1 Å². The third kappa shape index (κ3) is 2.82. The van der Waals surface area contributed by atoms with E-state index in [9.17, 15) is 4.79 Å². The number of rotatable bonds is 5. The van der Waals surface area contributed by atoms with Crippen LogP contribution >= 0.6 is 0 Å². The first-order chi connectivity index (χ1) is 9.48. The Morgan fingerprint density at radius 2 is 2.05 bits per heavy atom. The number of anilines is 1. The summed E-state index contributed by atoms with van der Waals surface area (Å²) < 4.78 is 5.29. The number of aryl methyl sites for hydroxylation is 1. The first-order valence-electron chi connectivity index (χ1n) is 7.49. The molecule has 3 heteroatoms. The Morgan fingerprint density at radius 3 is 2.60 bits per heavy atom. The van der Waals surface area contributed by atoms with Gasteiger partial charge in [-0.1, -0.05) is 32.0 Å². The second-order valence-corrected chi connectivity index (χ2v) is 6.15. The Bertz CT molecular complexity index is 476. The van der Waals surface area contributed by atoms with Crippen molar-refractivity contribution in [2.75, 3.05) is 11.9 Å². The van der Waals surface area contributed by atoms with Gasteiger partial charge in [-0.25, -0.2) is 4.79 Å². The molecule has 0 aromatic heterocycles. The molecule has 1 aromatic carbocycles. The van der Waals surface area contributed by atoms with Gasteiger partial charge in [0.1, 0.15) is 5.54 Å². The fourth-order valence-corrected chi connectivity index (χ4v) is 2.87. The molecule has 1 saturated carbocycles. The van der Waals surface area contributed by atoms with Crippen LogP contribution < -0.4 is 5.32 Å². The van der Waals surface area contributed by atoms with Crippen molar-refractivity contribution in [3.63, 3.8) is 0 Å². The molecule has 1 aliphatic carbocycles. The van der Waals surface area contributed by atoms with Gasteiger partial charge < -0.3 is 10.1 Å². The van der Waals surface area contributed by atoms with Gasteiger partial charge in [-0.2, -0.15) is 0 Å². The lowest BCUT2D eigenvalue weighted by Gasteiger charge is -2.48. The van der Waals surface area contributed by atoms with Crippen LogP contribution in [0.25, 0.3) is 0 Å². The van der Waals surface area contributed by atoms with Gasteiger partial charge in [-0.05, 0) is 50.2 Å². The zero-order valence-corrected chi connectivity index (χ0v) is 12.9. The maximum absolute atomic E-state index is 12.3. The average molecular weight is 275 g/mol. The topological polar surface area (TPSA) is 38.3 Å². The minimum Gasteiger partial charge on any atom is -0.464 e. The van der Waals surface area contributed by atoms with Crippen LogP contribution in [0.2, 0.25) is 0 Å². The summed E-state index contributed by atoms with van der Waals surface area (Å²) in [4.78, 5) is 12.3. The molecule has 0 spiro atoms. The number of hydrogen-bond acceptors (Lipinski definition) is 3. The Kier molecular flexibility index (Phi) is 4.36. The molecule has 0 saturated heterocycles. The van der Waals surface area contributed by atoms with Crippen molar-refractivity contribution in [1.82, 2.24) is 0 Å². The van der Waals surface area contributed by atoms with Crippen LogP contribution in [0.3, 0.4) is 0 Å². The molecular weight excluding hydrogens is 250 g/mol. The lowest BCUT2D eigenvalue weighted by atomic mass is 9.64. The van der Waals surface area contributed by atoms with Crippen molar-refractivity contribution in [1.29, 1.82) is 0 Å². The van der Waals surface area contributed by atoms with E-state index >= 15 is 0 Å². The fraction of sp³-hybridized carbons (Fsp3) is 0.588. The lowest BCUT2D eigenvalue weighted by molar-refractivity contribution is -0.154. The quantitative estimate of drug-likeness (QED) is 0.831. The predicted molar refractivity (Wildman–Crippen MR) is 81.7 cm³/mol. The summed E-state index contributed by atoms with van der Waals surface area (Å²) in [5.41, 5.74) is 1.66. The van der Waals surface area contributed by atoms with E-state index in [0.29, 0.717) is 18.4 Å². The summed E-state index contributed by atoms with van der Waals surface area (Å²) in [6.45, 7) is 8.78. The molecule has 0 bridgehead atoms. The molecule has 0 aliphatic heterocycles. The Hall–Kier alpha value is -1.51. The highest BCUT2D eigenvalue weighted by atomic mass is 16.5. The van der Waals surface area contributed by atoms with Crippen LogP contribution in [0.5, 0.6) is 0 Å². The summed E-state index contributed by atoms with van der Waals surface area (Å²) in [7, 11) is 0. The molecule has 0 amide bonds. The van der Waals surface area contributed by atoms with Gasteiger partial charge in [-0.15, -0.1) is 0 Å². The molecule has 1 N–H and O–H groups in total. The lowest BCUT2D eigenvalue weighted by Crippen LogP contribution is -2.58. The summed E-state index contributed by atoms with van der Waals surface area (Å²) in [5, 5.41) is 3.46. The standard InChI is InChI=1S/C17H25NO2/c1-5-20-16(19)17(10-14(11-17)12(2)3)18-15-9-7-6-8-13(15)4/h6-9,12,14,18H,5,10-11H2,1-4H3. The minimum atomic E-state index is -0.531. The van der Waals surface area contributed by atoms with Crippen LogP contribution in [-0.2, 0) is 9.53 Å². The molecule has 1 aromatic rings. The van der Waals surface area contributed by atoms with E-state index in [0.717, 1.165) is 24.1 Å². The minimum absolute atomic E-state index is 0.111. The number of carbonyl (C=O) groups is 1. The third-order valence-electron chi connectivity index (χ3n) is 4.35. The van der Waals surface area contributed by atoms with Crippen molar-refractivity contribution in [2.24, 2.45) is 11.8 Å². The zero-order valence-electron chi connectivity index (χ0n) is 12.9. The molecule has 1 fully saturated rings. The molecular formula is C17H25NO2. The van der Waals surface area contributed by atoms with Crippen LogP contribution in [-0.4, -0.2) is 18.1 Å². The molecule has 0 atom stereocenters. The van der Waals surface area contributed by atoms with Gasteiger partial charge in [0.2, 0.25) is 0 Å². The Morgan fingerprint density at radius 1 is 1.40 bits per heavy atom. The number of benzene rings is 1. The van der Waals surface area contributed by atoms with Crippen molar-refractivity contribution in [3.8, 4) is 0 Å². The van der Waals surface area contributed by atoms with Gasteiger partial charge in [0.05, 0.1) is 6.61 Å². The molecule has 1 aliphatic rings. The van der Waals surface area contributed by atoms with E-state index in [-0.39, 0.29) is 5.97 Å². The molecule has 0 radical (unpaired) electrons. The molecule has 0 heterocycles. The van der Waals surface area contributed by atoms with Crippen LogP contribution in [0.4, 0.5) is 5.69 Å². The van der Waals surface area contributed by atoms with Gasteiger partial charge in [-0.3, -0.25) is 0 Å². The van der Waals surface area contributed by atoms with Crippen LogP contribution in [0.1, 0.15) is 39.2 Å². The normalized spacial score (nSPS) is 25.1. The maximum atomic E-state index is 12.3. The van der Waals surface area contributed by atoms with E-state index < -0.39 is 5.54 Å². The largest absolute Gasteiger partial charge is 0.464 e. The average Bonchev–Trinajstić information content (AvgIpc) is 2.35. The fourth-order valence-electron chi connectivity index (χ4n) is 2.87. The zero-order chi connectivity index (χ0) is 14.8. The highest BCUT2D eigenvalue weighted by molar-refractivity contribution is 5.86. The van der Waals surface area contributed by atoms with E-state index in [1.807, 2.05) is 25.1 Å². The first kappa shape index (κ1) is 14.9. The Balaban J connectivity index is 2.17. The Labute approximate surface area is 121 Å². The van der Waals surface area contributed by atoms with Crippen LogP contribution in [0.15, 0.2) is 24.3 Å². The van der Waals surface area contributed by atoms with Crippen molar-refractivity contribution < 1.29 is 9.53 Å². The smallest absolute Gasteiger partial charge is 0.331 e. The first-order valence-corrected chi connectivity index (χ1v) is 7.49. The predicted octanol–water partition coefficient (Wildman–Crippen LogP) is 3.77. The van der Waals surface area contributed by atoms with E-state index in [4.69, 9.17) is 4.74 Å². The number of esters is 1. The van der Waals surface area contributed by atoms with Crippen molar-refractivity contribution >= 4 is 11.7 Å².